The molecule has 1 aliphatic heterocycles. The topological polar surface area (TPSA) is 49.5 Å². The fraction of sp³-hybridized carbons (Fsp3) is 1.00. The third-order valence-electron chi connectivity index (χ3n) is 3.67. The Labute approximate surface area is 86.3 Å². The van der Waals surface area contributed by atoms with E-state index < -0.39 is 0 Å². The molecule has 2 unspecified atom stereocenters. The molecule has 3 N–H and O–H groups in total. The van der Waals surface area contributed by atoms with Crippen LogP contribution in [0.25, 0.3) is 0 Å². The maximum Gasteiger partial charge on any atom is 0.0900 e. The van der Waals surface area contributed by atoms with Crippen molar-refractivity contribution in [1.82, 2.24) is 4.90 Å². The SMILES string of the molecule is CCCC1(O)CN(C2CCC(N)C2)C1. The van der Waals surface area contributed by atoms with Crippen molar-refractivity contribution >= 4 is 0 Å². The number of hydrogen-bond donors (Lipinski definition) is 2. The first-order chi connectivity index (χ1) is 6.63. The fourth-order valence-electron chi connectivity index (χ4n) is 2.91. The maximum atomic E-state index is 10.0. The minimum absolute atomic E-state index is 0.374. The molecular formula is C11H22N2O. The molecule has 1 saturated heterocycles. The first kappa shape index (κ1) is 10.4. The Hall–Kier alpha value is -0.120. The molecule has 2 atom stereocenters. The molecule has 3 heteroatoms. The van der Waals surface area contributed by atoms with Crippen LogP contribution in [0.5, 0.6) is 0 Å². The second kappa shape index (κ2) is 3.80. The molecule has 0 aromatic heterocycles. The largest absolute Gasteiger partial charge is 0.387 e. The van der Waals surface area contributed by atoms with E-state index in [9.17, 15) is 5.11 Å². The third-order valence-corrected chi connectivity index (χ3v) is 3.67. The van der Waals surface area contributed by atoms with Gasteiger partial charge in [0.05, 0.1) is 5.60 Å². The lowest BCUT2D eigenvalue weighted by molar-refractivity contribution is -0.119. The van der Waals surface area contributed by atoms with E-state index in [1.54, 1.807) is 0 Å². The van der Waals surface area contributed by atoms with Gasteiger partial charge in [0.2, 0.25) is 0 Å². The van der Waals surface area contributed by atoms with E-state index in [2.05, 4.69) is 11.8 Å². The van der Waals surface area contributed by atoms with E-state index in [1.165, 1.54) is 6.42 Å². The van der Waals surface area contributed by atoms with Gasteiger partial charge in [-0.1, -0.05) is 13.3 Å². The lowest BCUT2D eigenvalue weighted by Crippen LogP contribution is -2.64. The molecular weight excluding hydrogens is 176 g/mol. The molecule has 1 heterocycles. The summed E-state index contributed by atoms with van der Waals surface area (Å²) in [6, 6.07) is 1.06. The van der Waals surface area contributed by atoms with E-state index >= 15 is 0 Å². The molecule has 3 nitrogen and oxygen atoms in total. The molecule has 82 valence electrons. The standard InChI is InChI=1S/C11H22N2O/c1-2-5-11(14)7-13(8-11)10-4-3-9(12)6-10/h9-10,14H,2-8,12H2,1H3. The van der Waals surface area contributed by atoms with E-state index in [1.807, 2.05) is 0 Å². The van der Waals surface area contributed by atoms with Crippen LogP contribution in [0.1, 0.15) is 39.0 Å². The van der Waals surface area contributed by atoms with Crippen LogP contribution in [0, 0.1) is 0 Å². The van der Waals surface area contributed by atoms with Gasteiger partial charge < -0.3 is 10.8 Å². The molecule has 0 radical (unpaired) electrons. The highest BCUT2D eigenvalue weighted by Gasteiger charge is 2.44. The van der Waals surface area contributed by atoms with Crippen LogP contribution < -0.4 is 5.73 Å². The van der Waals surface area contributed by atoms with Crippen molar-refractivity contribution in [1.29, 1.82) is 0 Å². The van der Waals surface area contributed by atoms with Gasteiger partial charge in [-0.2, -0.15) is 0 Å². The predicted octanol–water partition coefficient (Wildman–Crippen LogP) is 0.713. The van der Waals surface area contributed by atoms with Gasteiger partial charge in [0.1, 0.15) is 0 Å². The van der Waals surface area contributed by atoms with Crippen LogP contribution in [-0.4, -0.2) is 40.8 Å². The molecule has 2 rings (SSSR count). The van der Waals surface area contributed by atoms with Crippen LogP contribution in [0.15, 0.2) is 0 Å². The summed E-state index contributed by atoms with van der Waals surface area (Å²) in [5.74, 6) is 0. The molecule has 2 aliphatic rings. The van der Waals surface area contributed by atoms with Gasteiger partial charge in [-0.15, -0.1) is 0 Å². The zero-order valence-corrected chi connectivity index (χ0v) is 9.08. The second-order valence-corrected chi connectivity index (χ2v) is 5.11. The smallest absolute Gasteiger partial charge is 0.0900 e. The molecule has 0 amide bonds. The summed E-state index contributed by atoms with van der Waals surface area (Å²) in [4.78, 5) is 2.41. The first-order valence-electron chi connectivity index (χ1n) is 5.85. The Bertz CT molecular complexity index is 201. The second-order valence-electron chi connectivity index (χ2n) is 5.11. The first-order valence-corrected chi connectivity index (χ1v) is 5.85. The summed E-state index contributed by atoms with van der Waals surface area (Å²) in [5, 5.41) is 10.0. The van der Waals surface area contributed by atoms with Crippen LogP contribution in [-0.2, 0) is 0 Å². The van der Waals surface area contributed by atoms with Crippen LogP contribution >= 0.6 is 0 Å². The van der Waals surface area contributed by atoms with Gasteiger partial charge in [-0.3, -0.25) is 4.90 Å². The van der Waals surface area contributed by atoms with Gasteiger partial charge in [0.25, 0.3) is 0 Å². The molecule has 14 heavy (non-hydrogen) atoms. The number of β-amino-alcohol motifs (C(OH)–C–C–N with tert-alkyl or cyclic N) is 1. The van der Waals surface area contributed by atoms with Crippen molar-refractivity contribution in [3.05, 3.63) is 0 Å². The normalized spacial score (nSPS) is 37.1. The molecule has 0 bridgehead atoms. The summed E-state index contributed by atoms with van der Waals surface area (Å²) < 4.78 is 0. The Morgan fingerprint density at radius 3 is 2.64 bits per heavy atom. The van der Waals surface area contributed by atoms with E-state index in [0.29, 0.717) is 12.1 Å². The summed E-state index contributed by atoms with van der Waals surface area (Å²) in [6.45, 7) is 3.88. The molecule has 0 aromatic carbocycles. The van der Waals surface area contributed by atoms with Gasteiger partial charge >= 0.3 is 0 Å². The fourth-order valence-corrected chi connectivity index (χ4v) is 2.91. The molecule has 0 spiro atoms. The zero-order valence-electron chi connectivity index (χ0n) is 9.08. The molecule has 1 aliphatic carbocycles. The van der Waals surface area contributed by atoms with Crippen LogP contribution in [0.2, 0.25) is 0 Å². The number of nitrogens with zero attached hydrogens (tertiary/aromatic N) is 1. The van der Waals surface area contributed by atoms with E-state index in [4.69, 9.17) is 5.73 Å². The van der Waals surface area contributed by atoms with Gasteiger partial charge in [-0.05, 0) is 25.7 Å². The number of aliphatic hydroxyl groups is 1. The predicted molar refractivity (Wildman–Crippen MR) is 57.0 cm³/mol. The van der Waals surface area contributed by atoms with Crippen molar-refractivity contribution in [2.24, 2.45) is 5.73 Å². The number of likely N-dealkylation sites (tertiary alicyclic amines) is 1. The van der Waals surface area contributed by atoms with Crippen LogP contribution in [0.3, 0.4) is 0 Å². The minimum atomic E-state index is -0.374. The van der Waals surface area contributed by atoms with Crippen LogP contribution in [0.4, 0.5) is 0 Å². The summed E-state index contributed by atoms with van der Waals surface area (Å²) in [7, 11) is 0. The monoisotopic (exact) mass is 198 g/mol. The van der Waals surface area contributed by atoms with E-state index in [-0.39, 0.29) is 5.60 Å². The van der Waals surface area contributed by atoms with Crippen molar-refractivity contribution in [3.63, 3.8) is 0 Å². The number of nitrogens with two attached hydrogens (primary N) is 1. The summed E-state index contributed by atoms with van der Waals surface area (Å²) in [6.07, 6.45) is 5.54. The van der Waals surface area contributed by atoms with Crippen molar-refractivity contribution < 1.29 is 5.11 Å². The Morgan fingerprint density at radius 1 is 1.43 bits per heavy atom. The average molecular weight is 198 g/mol. The van der Waals surface area contributed by atoms with Crippen molar-refractivity contribution in [2.75, 3.05) is 13.1 Å². The lowest BCUT2D eigenvalue weighted by Gasteiger charge is -2.49. The van der Waals surface area contributed by atoms with Crippen molar-refractivity contribution in [2.45, 2.75) is 56.7 Å². The molecule has 1 saturated carbocycles. The highest BCUT2D eigenvalue weighted by atomic mass is 16.3. The molecule has 0 aromatic rings. The Balaban J connectivity index is 1.77. The van der Waals surface area contributed by atoms with Gasteiger partial charge in [0, 0.05) is 25.2 Å². The Morgan fingerprint density at radius 2 is 2.14 bits per heavy atom. The number of rotatable bonds is 3. The zero-order chi connectivity index (χ0) is 10.2. The Kier molecular flexibility index (Phi) is 2.82. The van der Waals surface area contributed by atoms with Crippen molar-refractivity contribution in [3.8, 4) is 0 Å². The average Bonchev–Trinajstić information content (AvgIpc) is 2.47. The van der Waals surface area contributed by atoms with E-state index in [0.717, 1.165) is 38.8 Å². The summed E-state index contributed by atoms with van der Waals surface area (Å²) >= 11 is 0. The summed E-state index contributed by atoms with van der Waals surface area (Å²) in [5.41, 5.74) is 5.51. The highest BCUT2D eigenvalue weighted by Crippen LogP contribution is 2.33. The number of hydrogen-bond acceptors (Lipinski definition) is 3. The molecule has 2 fully saturated rings. The maximum absolute atomic E-state index is 10.0. The lowest BCUT2D eigenvalue weighted by atomic mass is 9.87. The quantitative estimate of drug-likeness (QED) is 0.702. The minimum Gasteiger partial charge on any atom is -0.387 e. The van der Waals surface area contributed by atoms with Gasteiger partial charge in [0.15, 0.2) is 0 Å². The highest BCUT2D eigenvalue weighted by molar-refractivity contribution is 5.00. The third kappa shape index (κ3) is 1.95. The van der Waals surface area contributed by atoms with Gasteiger partial charge in [-0.25, -0.2) is 0 Å².